The van der Waals surface area contributed by atoms with Crippen molar-refractivity contribution >= 4 is 23.2 Å². The van der Waals surface area contributed by atoms with E-state index in [0.717, 1.165) is 36.3 Å². The van der Waals surface area contributed by atoms with Crippen LogP contribution in [-0.4, -0.2) is 15.7 Å². The summed E-state index contributed by atoms with van der Waals surface area (Å²) < 4.78 is 1.93. The van der Waals surface area contributed by atoms with Crippen LogP contribution in [0.5, 0.6) is 0 Å². The highest BCUT2D eigenvalue weighted by Gasteiger charge is 2.17. The predicted molar refractivity (Wildman–Crippen MR) is 79.3 cm³/mol. The van der Waals surface area contributed by atoms with Crippen LogP contribution in [-0.2, 0) is 13.0 Å². The summed E-state index contributed by atoms with van der Waals surface area (Å²) >= 11 is 5.96. The molecular formula is C15H16ClN3O. The molecule has 0 spiro atoms. The van der Waals surface area contributed by atoms with E-state index in [1.54, 1.807) is 6.07 Å². The van der Waals surface area contributed by atoms with Crippen LogP contribution in [0.1, 0.15) is 34.6 Å². The Bertz CT molecular complexity index is 640. The number of benzene rings is 1. The van der Waals surface area contributed by atoms with Gasteiger partial charge in [0.1, 0.15) is 0 Å². The van der Waals surface area contributed by atoms with Gasteiger partial charge in [0.15, 0.2) is 5.69 Å². The Labute approximate surface area is 122 Å². The van der Waals surface area contributed by atoms with Crippen molar-refractivity contribution in [2.45, 2.75) is 32.7 Å². The Morgan fingerprint density at radius 2 is 2.20 bits per heavy atom. The zero-order chi connectivity index (χ0) is 14.1. The van der Waals surface area contributed by atoms with Crippen LogP contribution >= 0.6 is 11.6 Å². The fourth-order valence-electron chi connectivity index (χ4n) is 2.44. The summed E-state index contributed by atoms with van der Waals surface area (Å²) in [7, 11) is 0. The first kappa shape index (κ1) is 13.2. The quantitative estimate of drug-likeness (QED) is 0.920. The van der Waals surface area contributed by atoms with Gasteiger partial charge in [0, 0.05) is 22.9 Å². The second kappa shape index (κ2) is 5.29. The molecule has 20 heavy (non-hydrogen) atoms. The number of rotatable bonds is 2. The number of hydrogen-bond acceptors (Lipinski definition) is 2. The maximum atomic E-state index is 12.3. The summed E-state index contributed by atoms with van der Waals surface area (Å²) in [5, 5.41) is 7.85. The Balaban J connectivity index is 1.82. The van der Waals surface area contributed by atoms with E-state index in [9.17, 15) is 4.79 Å². The van der Waals surface area contributed by atoms with E-state index >= 15 is 0 Å². The molecule has 1 aromatic carbocycles. The average molecular weight is 290 g/mol. The van der Waals surface area contributed by atoms with Gasteiger partial charge in [-0.2, -0.15) is 5.10 Å². The van der Waals surface area contributed by atoms with Crippen molar-refractivity contribution in [2.24, 2.45) is 0 Å². The molecule has 1 aliphatic heterocycles. The molecule has 0 unspecified atom stereocenters. The SMILES string of the molecule is Cc1ccc(Cl)cc1NC(=O)c1cc2n(n1)CCCC2. The number of halogens is 1. The monoisotopic (exact) mass is 289 g/mol. The molecule has 1 aromatic heterocycles. The number of carbonyl (C=O) groups excluding carboxylic acids is 1. The van der Waals surface area contributed by atoms with E-state index in [1.807, 2.05) is 29.8 Å². The van der Waals surface area contributed by atoms with Gasteiger partial charge in [0.25, 0.3) is 5.91 Å². The third-order valence-electron chi connectivity index (χ3n) is 3.60. The Morgan fingerprint density at radius 3 is 3.00 bits per heavy atom. The van der Waals surface area contributed by atoms with Crippen LogP contribution in [0, 0.1) is 6.92 Å². The van der Waals surface area contributed by atoms with E-state index in [-0.39, 0.29) is 5.91 Å². The lowest BCUT2D eigenvalue weighted by Gasteiger charge is -2.11. The van der Waals surface area contributed by atoms with E-state index in [1.165, 1.54) is 6.42 Å². The lowest BCUT2D eigenvalue weighted by atomic mass is 10.1. The van der Waals surface area contributed by atoms with E-state index in [2.05, 4.69) is 10.4 Å². The normalized spacial score (nSPS) is 13.9. The van der Waals surface area contributed by atoms with Gasteiger partial charge in [-0.25, -0.2) is 0 Å². The van der Waals surface area contributed by atoms with Crippen LogP contribution in [0.15, 0.2) is 24.3 Å². The molecule has 2 aromatic rings. The van der Waals surface area contributed by atoms with Crippen molar-refractivity contribution in [1.29, 1.82) is 0 Å². The largest absolute Gasteiger partial charge is 0.320 e. The summed E-state index contributed by atoms with van der Waals surface area (Å²) in [4.78, 5) is 12.3. The van der Waals surface area contributed by atoms with Gasteiger partial charge in [-0.05, 0) is 49.9 Å². The van der Waals surface area contributed by atoms with E-state index in [4.69, 9.17) is 11.6 Å². The fourth-order valence-corrected chi connectivity index (χ4v) is 2.62. The molecule has 1 N–H and O–H groups in total. The molecule has 0 radical (unpaired) electrons. The lowest BCUT2D eigenvalue weighted by Crippen LogP contribution is -2.15. The summed E-state index contributed by atoms with van der Waals surface area (Å²) in [5.41, 5.74) is 3.32. The second-order valence-corrected chi connectivity index (χ2v) is 5.55. The highest BCUT2D eigenvalue weighted by atomic mass is 35.5. The maximum absolute atomic E-state index is 12.3. The topological polar surface area (TPSA) is 46.9 Å². The lowest BCUT2D eigenvalue weighted by molar-refractivity contribution is 0.102. The van der Waals surface area contributed by atoms with Crippen LogP contribution in [0.25, 0.3) is 0 Å². The average Bonchev–Trinajstić information content (AvgIpc) is 2.87. The molecule has 2 heterocycles. The van der Waals surface area contributed by atoms with Crippen LogP contribution in [0.2, 0.25) is 5.02 Å². The molecule has 0 saturated heterocycles. The number of nitrogens with one attached hydrogen (secondary N) is 1. The highest BCUT2D eigenvalue weighted by Crippen LogP contribution is 2.21. The standard InChI is InChI=1S/C15H16ClN3O/c1-10-5-6-11(16)8-13(10)17-15(20)14-9-12-4-2-3-7-19(12)18-14/h5-6,8-9H,2-4,7H2,1H3,(H,17,20). The molecular weight excluding hydrogens is 274 g/mol. The molecule has 0 atom stereocenters. The third-order valence-corrected chi connectivity index (χ3v) is 3.83. The van der Waals surface area contributed by atoms with Crippen molar-refractivity contribution in [2.75, 3.05) is 5.32 Å². The minimum absolute atomic E-state index is 0.183. The Hall–Kier alpha value is -1.81. The number of fused-ring (bicyclic) bond motifs is 1. The minimum Gasteiger partial charge on any atom is -0.320 e. The molecule has 0 aliphatic carbocycles. The zero-order valence-electron chi connectivity index (χ0n) is 11.3. The summed E-state index contributed by atoms with van der Waals surface area (Å²) in [6.45, 7) is 2.84. The number of hydrogen-bond donors (Lipinski definition) is 1. The van der Waals surface area contributed by atoms with Crippen LogP contribution in [0.4, 0.5) is 5.69 Å². The first-order chi connectivity index (χ1) is 9.63. The molecule has 0 saturated carbocycles. The van der Waals surface area contributed by atoms with E-state index < -0.39 is 0 Å². The van der Waals surface area contributed by atoms with Crippen molar-refractivity contribution in [3.05, 3.63) is 46.2 Å². The number of nitrogens with zero attached hydrogens (tertiary/aromatic N) is 2. The molecule has 0 fully saturated rings. The van der Waals surface area contributed by atoms with Crippen molar-refractivity contribution in [3.63, 3.8) is 0 Å². The third kappa shape index (κ3) is 2.56. The molecule has 1 amide bonds. The van der Waals surface area contributed by atoms with Gasteiger partial charge in [0.05, 0.1) is 0 Å². The van der Waals surface area contributed by atoms with Crippen LogP contribution < -0.4 is 5.32 Å². The van der Waals surface area contributed by atoms with Gasteiger partial charge in [0.2, 0.25) is 0 Å². The molecule has 3 rings (SSSR count). The Kier molecular flexibility index (Phi) is 3.49. The number of aromatic nitrogens is 2. The molecule has 4 nitrogen and oxygen atoms in total. The highest BCUT2D eigenvalue weighted by molar-refractivity contribution is 6.31. The van der Waals surface area contributed by atoms with Crippen LogP contribution in [0.3, 0.4) is 0 Å². The molecule has 5 heteroatoms. The van der Waals surface area contributed by atoms with Crippen molar-refractivity contribution < 1.29 is 4.79 Å². The number of anilines is 1. The fraction of sp³-hybridized carbons (Fsp3) is 0.333. The molecule has 0 bridgehead atoms. The van der Waals surface area contributed by atoms with E-state index in [0.29, 0.717) is 10.7 Å². The van der Waals surface area contributed by atoms with Crippen molar-refractivity contribution in [1.82, 2.24) is 9.78 Å². The van der Waals surface area contributed by atoms with Crippen molar-refractivity contribution in [3.8, 4) is 0 Å². The van der Waals surface area contributed by atoms with Gasteiger partial charge in [-0.1, -0.05) is 17.7 Å². The summed E-state index contributed by atoms with van der Waals surface area (Å²) in [6, 6.07) is 7.33. The molecule has 104 valence electrons. The molecule has 1 aliphatic rings. The maximum Gasteiger partial charge on any atom is 0.276 e. The summed E-state index contributed by atoms with van der Waals surface area (Å²) in [6.07, 6.45) is 3.29. The smallest absolute Gasteiger partial charge is 0.276 e. The minimum atomic E-state index is -0.183. The first-order valence-corrected chi connectivity index (χ1v) is 7.15. The van der Waals surface area contributed by atoms with Gasteiger partial charge in [-0.3, -0.25) is 9.48 Å². The number of amides is 1. The number of carbonyl (C=O) groups is 1. The number of aryl methyl sites for hydroxylation is 3. The van der Waals surface area contributed by atoms with Gasteiger partial charge >= 0.3 is 0 Å². The predicted octanol–water partition coefficient (Wildman–Crippen LogP) is 3.43. The summed E-state index contributed by atoms with van der Waals surface area (Å²) in [5.74, 6) is -0.183. The first-order valence-electron chi connectivity index (χ1n) is 6.78. The van der Waals surface area contributed by atoms with Gasteiger partial charge < -0.3 is 5.32 Å². The Morgan fingerprint density at radius 1 is 1.35 bits per heavy atom. The second-order valence-electron chi connectivity index (χ2n) is 5.11. The van der Waals surface area contributed by atoms with Gasteiger partial charge in [-0.15, -0.1) is 0 Å². The zero-order valence-corrected chi connectivity index (χ0v) is 12.1.